The van der Waals surface area contributed by atoms with Crippen LogP contribution in [0.3, 0.4) is 0 Å². The molecule has 4 amide bonds. The van der Waals surface area contributed by atoms with E-state index in [9.17, 15) is 19.2 Å². The van der Waals surface area contributed by atoms with Gasteiger partial charge in [0.25, 0.3) is 0 Å². The van der Waals surface area contributed by atoms with Crippen LogP contribution in [-0.2, 0) is 14.3 Å². The number of piperazine rings is 1. The Kier molecular flexibility index (Phi) is 12.8. The maximum Gasteiger partial charge on any atom is 0.415 e. The van der Waals surface area contributed by atoms with E-state index in [4.69, 9.17) is 25.8 Å². The molecule has 0 saturated carbocycles. The molecule has 4 aliphatic rings. The fourth-order valence-corrected chi connectivity index (χ4v) is 11.9. The van der Waals surface area contributed by atoms with E-state index in [1.165, 1.54) is 22.3 Å². The Morgan fingerprint density at radius 1 is 0.800 bits per heavy atom. The molecule has 1 N–H and O–H groups in total. The Labute approximate surface area is 364 Å². The van der Waals surface area contributed by atoms with Gasteiger partial charge in [-0.1, -0.05) is 101 Å². The number of halogens is 1. The molecule has 3 heterocycles. The molecule has 3 aliphatic heterocycles. The van der Waals surface area contributed by atoms with Gasteiger partial charge in [-0.15, -0.1) is 11.6 Å². The number of nitrogens with one attached hydrogen (secondary N) is 1. The summed E-state index contributed by atoms with van der Waals surface area (Å²) in [7, 11) is 3.42. The largest absolute Gasteiger partial charge is 0.449 e. The number of carbonyl (C=O) groups excluding carboxylic acids is 4. The molecule has 11 nitrogen and oxygen atoms in total. The van der Waals surface area contributed by atoms with Crippen LogP contribution >= 0.6 is 33.2 Å². The molecule has 1 aliphatic carbocycles. The highest BCUT2D eigenvalue weighted by atomic mass is 35.5. The van der Waals surface area contributed by atoms with E-state index >= 15 is 0 Å². The third kappa shape index (κ3) is 8.76. The molecule has 0 aromatic heterocycles. The van der Waals surface area contributed by atoms with Crippen LogP contribution in [0.1, 0.15) is 75.0 Å². The number of fused-ring (bicyclic) bond motifs is 7. The molecule has 4 aromatic carbocycles. The van der Waals surface area contributed by atoms with E-state index in [0.29, 0.717) is 67.8 Å². The quantitative estimate of drug-likeness (QED) is 0.0945. The molecule has 0 bridgehead atoms. The molecule has 316 valence electrons. The van der Waals surface area contributed by atoms with Gasteiger partial charge in [0.15, 0.2) is 0 Å². The highest BCUT2D eigenvalue weighted by Crippen LogP contribution is 2.47. The number of benzene rings is 4. The summed E-state index contributed by atoms with van der Waals surface area (Å²) in [5.41, 5.74) is 5.60. The molecular weight excluding hydrogens is 820 g/mol. The van der Waals surface area contributed by atoms with Gasteiger partial charge in [0.05, 0.1) is 17.8 Å². The zero-order valence-corrected chi connectivity index (χ0v) is 36.6. The number of hydrogen-bond acceptors (Lipinski definition) is 9. The van der Waals surface area contributed by atoms with Crippen molar-refractivity contribution in [1.82, 2.24) is 15.1 Å². The molecule has 8 rings (SSSR count). The number of alkyl halides is 1. The van der Waals surface area contributed by atoms with Crippen molar-refractivity contribution < 1.29 is 33.4 Å². The smallest absolute Gasteiger partial charge is 0.415 e. The molecule has 14 heteroatoms. The van der Waals surface area contributed by atoms with Crippen LogP contribution in [-0.4, -0.2) is 102 Å². The number of rotatable bonds is 10. The van der Waals surface area contributed by atoms with Crippen LogP contribution in [0, 0.1) is 0 Å². The number of carbonyl (C=O) groups is 4. The molecular formula is C46H51ClN4O7S2. The highest BCUT2D eigenvalue weighted by Gasteiger charge is 2.44. The van der Waals surface area contributed by atoms with Crippen molar-refractivity contribution in [3.8, 4) is 16.9 Å². The normalized spacial score (nSPS) is 19.6. The third-order valence-corrected chi connectivity index (χ3v) is 14.6. The van der Waals surface area contributed by atoms with Crippen LogP contribution in [0.5, 0.6) is 5.75 Å². The number of ether oxygens (including phenoxy) is 3. The van der Waals surface area contributed by atoms with Gasteiger partial charge in [0.2, 0.25) is 5.91 Å². The first-order valence-corrected chi connectivity index (χ1v) is 23.8. The molecule has 4 aromatic rings. The lowest BCUT2D eigenvalue weighted by Crippen LogP contribution is -2.65. The lowest BCUT2D eigenvalue weighted by atomic mass is 9.95. The Morgan fingerprint density at radius 2 is 1.43 bits per heavy atom. The van der Waals surface area contributed by atoms with Crippen molar-refractivity contribution in [2.24, 2.45) is 0 Å². The number of hydrogen-bond donors (Lipinski definition) is 1. The van der Waals surface area contributed by atoms with Gasteiger partial charge in [-0.25, -0.2) is 14.4 Å². The predicted octanol–water partition coefficient (Wildman–Crippen LogP) is 9.79. The maximum absolute atomic E-state index is 14.1. The zero-order valence-electron chi connectivity index (χ0n) is 34.2. The average molecular weight is 872 g/mol. The van der Waals surface area contributed by atoms with Crippen molar-refractivity contribution >= 4 is 73.8 Å². The Morgan fingerprint density at radius 3 is 2.12 bits per heavy atom. The van der Waals surface area contributed by atoms with Crippen molar-refractivity contribution in [3.05, 3.63) is 95.6 Å². The molecule has 2 saturated heterocycles. The first-order chi connectivity index (χ1) is 29.0. The summed E-state index contributed by atoms with van der Waals surface area (Å²) in [5, 5.41) is 4.52. The SMILES string of the molecule is CC(C)(C)OC(=O)N1C[C@@H](CCl)c2c1cc(OC(=O)N1CCN(C(=O)CCCCCNC(=O)OCC3c4ccccc4-c4ccccc43)[C@@H]3CSSC[C@@H]31)c1ccccc21. The van der Waals surface area contributed by atoms with Crippen molar-refractivity contribution in [2.45, 2.75) is 76.0 Å². The van der Waals surface area contributed by atoms with E-state index in [-0.39, 0.29) is 36.4 Å². The number of anilines is 1. The van der Waals surface area contributed by atoms with E-state index in [0.717, 1.165) is 29.2 Å². The maximum atomic E-state index is 14.1. The van der Waals surface area contributed by atoms with Crippen LogP contribution < -0.4 is 15.0 Å². The fourth-order valence-electron chi connectivity index (χ4n) is 8.96. The van der Waals surface area contributed by atoms with Crippen LogP contribution in [0.15, 0.2) is 78.9 Å². The van der Waals surface area contributed by atoms with Gasteiger partial charge in [-0.3, -0.25) is 9.69 Å². The Bertz CT molecular complexity index is 2220. The van der Waals surface area contributed by atoms with E-state index in [1.54, 1.807) is 37.5 Å². The number of alkyl carbamates (subject to hydrolysis) is 1. The Balaban J connectivity index is 0.837. The van der Waals surface area contributed by atoms with Crippen LogP contribution in [0.25, 0.3) is 21.9 Å². The zero-order chi connectivity index (χ0) is 42.0. The lowest BCUT2D eigenvalue weighted by Gasteiger charge is -2.48. The average Bonchev–Trinajstić information content (AvgIpc) is 3.79. The van der Waals surface area contributed by atoms with Gasteiger partial charge in [-0.05, 0) is 66.8 Å². The summed E-state index contributed by atoms with van der Waals surface area (Å²) in [6.07, 6.45) is 1.22. The molecule has 0 radical (unpaired) electrons. The van der Waals surface area contributed by atoms with Crippen LogP contribution in [0.4, 0.5) is 20.1 Å². The minimum atomic E-state index is -0.689. The van der Waals surface area contributed by atoms with Gasteiger partial charge in [0.1, 0.15) is 18.0 Å². The summed E-state index contributed by atoms with van der Waals surface area (Å²) >= 11 is 6.45. The standard InChI is InChI=1S/C46H51ClN4O7S2/c1-46(2,3)58-45(55)51-25-29(24-47)42-35-18-11-10-17-34(35)40(23-37(42)51)57-44(54)50-22-21-49(38-27-59-60-28-39(38)50)41(52)19-5-4-12-20-48-43(53)56-26-36-32-15-8-6-13-30(32)31-14-7-9-16-33(31)36/h6-11,13-18,23,29,36,38-39H,4-5,12,19-22,24-28H2,1-3H3,(H,48,53)/t29-,38-,39+/m1/s1. The van der Waals surface area contributed by atoms with Gasteiger partial charge in [-0.2, -0.15) is 0 Å². The van der Waals surface area contributed by atoms with Crippen LogP contribution in [0.2, 0.25) is 0 Å². The summed E-state index contributed by atoms with van der Waals surface area (Å²) in [6, 6.07) is 25.7. The summed E-state index contributed by atoms with van der Waals surface area (Å²) < 4.78 is 17.7. The third-order valence-electron chi connectivity index (χ3n) is 11.7. The molecule has 60 heavy (non-hydrogen) atoms. The second-order valence-electron chi connectivity index (χ2n) is 16.7. The van der Waals surface area contributed by atoms with Crippen molar-refractivity contribution in [3.63, 3.8) is 0 Å². The van der Waals surface area contributed by atoms with E-state index in [1.807, 2.05) is 74.2 Å². The topological polar surface area (TPSA) is 118 Å². The number of unbranched alkanes of at least 4 members (excludes halogenated alkanes) is 2. The lowest BCUT2D eigenvalue weighted by molar-refractivity contribution is -0.136. The van der Waals surface area contributed by atoms with E-state index in [2.05, 4.69) is 29.6 Å². The van der Waals surface area contributed by atoms with Gasteiger partial charge in [0, 0.05) is 73.3 Å². The second kappa shape index (κ2) is 18.2. The molecule has 0 spiro atoms. The monoisotopic (exact) mass is 870 g/mol. The van der Waals surface area contributed by atoms with E-state index < -0.39 is 23.9 Å². The fraction of sp³-hybridized carbons (Fsp3) is 0.435. The first kappa shape index (κ1) is 42.1. The Hall–Kier alpha value is -4.59. The highest BCUT2D eigenvalue weighted by molar-refractivity contribution is 8.76. The summed E-state index contributed by atoms with van der Waals surface area (Å²) in [6.45, 7) is 7.35. The number of amides is 4. The minimum absolute atomic E-state index is 0.00997. The predicted molar refractivity (Wildman–Crippen MR) is 239 cm³/mol. The first-order valence-electron chi connectivity index (χ1n) is 20.8. The molecule has 0 unspecified atom stereocenters. The second-order valence-corrected chi connectivity index (χ2v) is 19.6. The van der Waals surface area contributed by atoms with Gasteiger partial charge >= 0.3 is 18.3 Å². The summed E-state index contributed by atoms with van der Waals surface area (Å²) in [5.74, 6) is 2.03. The van der Waals surface area contributed by atoms with Crippen molar-refractivity contribution in [2.75, 3.05) is 55.1 Å². The molecule has 3 atom stereocenters. The van der Waals surface area contributed by atoms with Gasteiger partial charge < -0.3 is 29.3 Å². The summed E-state index contributed by atoms with van der Waals surface area (Å²) in [4.78, 5) is 59.1. The molecule has 2 fully saturated rings. The van der Waals surface area contributed by atoms with Crippen molar-refractivity contribution in [1.29, 1.82) is 0 Å². The number of nitrogens with zero attached hydrogens (tertiary/aromatic N) is 3. The minimum Gasteiger partial charge on any atom is -0.449 e.